The predicted molar refractivity (Wildman–Crippen MR) is 109 cm³/mol. The minimum absolute atomic E-state index is 0.0582. The maximum atomic E-state index is 12.4. The molecular weight excluding hydrogens is 352 g/mol. The van der Waals surface area contributed by atoms with Crippen LogP contribution in [0, 0.1) is 19.8 Å². The van der Waals surface area contributed by atoms with Crippen molar-refractivity contribution in [3.63, 3.8) is 0 Å². The summed E-state index contributed by atoms with van der Waals surface area (Å²) in [7, 11) is 0. The summed E-state index contributed by atoms with van der Waals surface area (Å²) in [6.45, 7) is 6.01. The third kappa shape index (κ3) is 5.12. The summed E-state index contributed by atoms with van der Waals surface area (Å²) >= 11 is 0. The second-order valence-electron chi connectivity index (χ2n) is 7.34. The van der Waals surface area contributed by atoms with E-state index in [-0.39, 0.29) is 17.7 Å². The fourth-order valence-electron chi connectivity index (χ4n) is 3.57. The van der Waals surface area contributed by atoms with Gasteiger partial charge in [-0.1, -0.05) is 48.5 Å². The average Bonchev–Trinajstić information content (AvgIpc) is 3.07. The summed E-state index contributed by atoms with van der Waals surface area (Å²) in [6, 6.07) is 16.1. The number of likely N-dealkylation sites (tertiary alicyclic amines) is 1. The van der Waals surface area contributed by atoms with Crippen LogP contribution in [0.4, 0.5) is 0 Å². The largest absolute Gasteiger partial charge is 0.491 e. The van der Waals surface area contributed by atoms with Crippen molar-refractivity contribution in [3.8, 4) is 5.75 Å². The number of hydrogen-bond acceptors (Lipinski definition) is 3. The minimum atomic E-state index is -0.275. The van der Waals surface area contributed by atoms with Gasteiger partial charge in [-0.2, -0.15) is 0 Å². The van der Waals surface area contributed by atoms with Crippen molar-refractivity contribution in [2.45, 2.75) is 26.7 Å². The molecule has 0 aromatic heterocycles. The molecule has 3 rings (SSSR count). The number of rotatable bonds is 8. The molecule has 1 atom stereocenters. The number of nitrogens with zero attached hydrogens (tertiary/aromatic N) is 1. The molecule has 1 unspecified atom stereocenters. The molecule has 2 aromatic rings. The molecule has 0 spiro atoms. The standard InChI is InChI=1S/C23H28N2O3/c1-17-7-6-8-18(2)22(17)28-14-12-24-23(27)20-15-21(26)25(16-20)13-11-19-9-4-3-5-10-19/h3-10,20H,11-16H2,1-2H3,(H,24,27). The molecule has 1 saturated heterocycles. The van der Waals surface area contributed by atoms with Crippen LogP contribution in [-0.4, -0.2) is 43.0 Å². The van der Waals surface area contributed by atoms with Crippen LogP contribution in [0.2, 0.25) is 0 Å². The van der Waals surface area contributed by atoms with Gasteiger partial charge in [0.05, 0.1) is 12.5 Å². The molecule has 1 fully saturated rings. The zero-order valence-electron chi connectivity index (χ0n) is 16.6. The van der Waals surface area contributed by atoms with Gasteiger partial charge in [0.15, 0.2) is 0 Å². The van der Waals surface area contributed by atoms with Crippen LogP contribution in [0.15, 0.2) is 48.5 Å². The van der Waals surface area contributed by atoms with Gasteiger partial charge in [-0.05, 0) is 37.0 Å². The van der Waals surface area contributed by atoms with E-state index < -0.39 is 0 Å². The van der Waals surface area contributed by atoms with Crippen LogP contribution in [0.1, 0.15) is 23.1 Å². The van der Waals surface area contributed by atoms with Crippen LogP contribution in [0.25, 0.3) is 0 Å². The molecular formula is C23H28N2O3. The smallest absolute Gasteiger partial charge is 0.225 e. The predicted octanol–water partition coefficient (Wildman–Crippen LogP) is 2.89. The van der Waals surface area contributed by atoms with Gasteiger partial charge in [0.1, 0.15) is 12.4 Å². The second kappa shape index (κ2) is 9.40. The molecule has 1 aliphatic rings. The van der Waals surface area contributed by atoms with E-state index in [0.29, 0.717) is 32.7 Å². The van der Waals surface area contributed by atoms with Gasteiger partial charge in [-0.25, -0.2) is 0 Å². The number of ether oxygens (including phenoxy) is 1. The van der Waals surface area contributed by atoms with E-state index >= 15 is 0 Å². The molecule has 28 heavy (non-hydrogen) atoms. The van der Waals surface area contributed by atoms with E-state index in [4.69, 9.17) is 4.74 Å². The first kappa shape index (κ1) is 19.9. The van der Waals surface area contributed by atoms with E-state index in [1.165, 1.54) is 5.56 Å². The Balaban J connectivity index is 1.40. The van der Waals surface area contributed by atoms with Gasteiger partial charge in [0, 0.05) is 19.5 Å². The Bertz CT molecular complexity index is 800. The molecule has 2 aromatic carbocycles. The Hall–Kier alpha value is -2.82. The first-order valence-corrected chi connectivity index (χ1v) is 9.83. The number of hydrogen-bond donors (Lipinski definition) is 1. The first-order chi connectivity index (χ1) is 13.5. The number of nitrogens with one attached hydrogen (secondary N) is 1. The zero-order valence-corrected chi connectivity index (χ0v) is 16.6. The normalized spacial score (nSPS) is 16.3. The van der Waals surface area contributed by atoms with Crippen molar-refractivity contribution < 1.29 is 14.3 Å². The third-order valence-corrected chi connectivity index (χ3v) is 5.15. The number of carbonyl (C=O) groups excluding carboxylic acids is 2. The number of para-hydroxylation sites is 1. The topological polar surface area (TPSA) is 58.6 Å². The SMILES string of the molecule is Cc1cccc(C)c1OCCNC(=O)C1CC(=O)N(CCc2ccccc2)C1. The monoisotopic (exact) mass is 380 g/mol. The Morgan fingerprint density at radius 1 is 1.11 bits per heavy atom. The van der Waals surface area contributed by atoms with Crippen LogP contribution >= 0.6 is 0 Å². The Labute approximate surface area is 166 Å². The summed E-state index contributed by atoms with van der Waals surface area (Å²) < 4.78 is 5.82. The van der Waals surface area contributed by atoms with Crippen LogP contribution < -0.4 is 10.1 Å². The molecule has 1 aliphatic heterocycles. The van der Waals surface area contributed by atoms with Crippen LogP contribution in [-0.2, 0) is 16.0 Å². The van der Waals surface area contributed by atoms with Crippen molar-refractivity contribution in [1.29, 1.82) is 0 Å². The molecule has 148 valence electrons. The highest BCUT2D eigenvalue weighted by molar-refractivity contribution is 5.89. The molecule has 1 heterocycles. The van der Waals surface area contributed by atoms with Gasteiger partial charge in [0.2, 0.25) is 11.8 Å². The van der Waals surface area contributed by atoms with E-state index in [9.17, 15) is 9.59 Å². The lowest BCUT2D eigenvalue weighted by Gasteiger charge is -2.17. The molecule has 5 nitrogen and oxygen atoms in total. The Kier molecular flexibility index (Phi) is 6.69. The minimum Gasteiger partial charge on any atom is -0.491 e. The quantitative estimate of drug-likeness (QED) is 0.717. The summed E-state index contributed by atoms with van der Waals surface area (Å²) in [5.74, 6) is 0.590. The summed E-state index contributed by atoms with van der Waals surface area (Å²) in [4.78, 5) is 26.4. The van der Waals surface area contributed by atoms with Gasteiger partial charge in [0.25, 0.3) is 0 Å². The number of amides is 2. The maximum absolute atomic E-state index is 12.4. The fourth-order valence-corrected chi connectivity index (χ4v) is 3.57. The van der Waals surface area contributed by atoms with E-state index in [1.807, 2.05) is 50.2 Å². The van der Waals surface area contributed by atoms with Crippen molar-refractivity contribution in [2.24, 2.45) is 5.92 Å². The maximum Gasteiger partial charge on any atom is 0.225 e. The van der Waals surface area contributed by atoms with Crippen molar-refractivity contribution in [3.05, 3.63) is 65.2 Å². The highest BCUT2D eigenvalue weighted by Gasteiger charge is 2.33. The Morgan fingerprint density at radius 3 is 2.54 bits per heavy atom. The van der Waals surface area contributed by atoms with E-state index in [1.54, 1.807) is 4.90 Å². The van der Waals surface area contributed by atoms with Crippen molar-refractivity contribution in [2.75, 3.05) is 26.2 Å². The molecule has 0 saturated carbocycles. The number of aryl methyl sites for hydroxylation is 2. The Morgan fingerprint density at radius 2 is 1.82 bits per heavy atom. The lowest BCUT2D eigenvalue weighted by atomic mass is 10.1. The number of benzene rings is 2. The number of carbonyl (C=O) groups is 2. The molecule has 2 amide bonds. The summed E-state index contributed by atoms with van der Waals surface area (Å²) in [6.07, 6.45) is 1.10. The molecule has 5 heteroatoms. The first-order valence-electron chi connectivity index (χ1n) is 9.83. The van der Waals surface area contributed by atoms with Gasteiger partial charge in [-0.3, -0.25) is 9.59 Å². The summed E-state index contributed by atoms with van der Waals surface area (Å²) in [5, 5.41) is 2.91. The second-order valence-corrected chi connectivity index (χ2v) is 7.34. The van der Waals surface area contributed by atoms with Gasteiger partial charge < -0.3 is 15.0 Å². The molecule has 0 aliphatic carbocycles. The summed E-state index contributed by atoms with van der Waals surface area (Å²) in [5.41, 5.74) is 3.37. The van der Waals surface area contributed by atoms with Crippen LogP contribution in [0.3, 0.4) is 0 Å². The lowest BCUT2D eigenvalue weighted by Crippen LogP contribution is -2.35. The highest BCUT2D eigenvalue weighted by atomic mass is 16.5. The zero-order chi connectivity index (χ0) is 19.9. The van der Waals surface area contributed by atoms with E-state index in [0.717, 1.165) is 23.3 Å². The molecule has 0 radical (unpaired) electrons. The van der Waals surface area contributed by atoms with E-state index in [2.05, 4.69) is 17.4 Å². The third-order valence-electron chi connectivity index (χ3n) is 5.15. The van der Waals surface area contributed by atoms with Gasteiger partial charge in [-0.15, -0.1) is 0 Å². The average molecular weight is 380 g/mol. The van der Waals surface area contributed by atoms with Crippen LogP contribution in [0.5, 0.6) is 5.75 Å². The highest BCUT2D eigenvalue weighted by Crippen LogP contribution is 2.22. The van der Waals surface area contributed by atoms with Crippen molar-refractivity contribution >= 4 is 11.8 Å². The molecule has 1 N–H and O–H groups in total. The molecule has 0 bridgehead atoms. The van der Waals surface area contributed by atoms with Crippen molar-refractivity contribution in [1.82, 2.24) is 10.2 Å². The van der Waals surface area contributed by atoms with Gasteiger partial charge >= 0.3 is 0 Å². The fraction of sp³-hybridized carbons (Fsp3) is 0.391. The lowest BCUT2D eigenvalue weighted by molar-refractivity contribution is -0.129.